The summed E-state index contributed by atoms with van der Waals surface area (Å²) >= 11 is 0. The summed E-state index contributed by atoms with van der Waals surface area (Å²) in [6.45, 7) is 4.37. The molecule has 0 saturated heterocycles. The highest BCUT2D eigenvalue weighted by molar-refractivity contribution is 5.81. The summed E-state index contributed by atoms with van der Waals surface area (Å²) in [7, 11) is 0. The lowest BCUT2D eigenvalue weighted by Gasteiger charge is -2.23. The average molecular weight is 364 g/mol. The number of aromatic nitrogens is 2. The number of hydrogen-bond donors (Lipinski definition) is 1. The lowest BCUT2D eigenvalue weighted by Crippen LogP contribution is -2.35. The predicted molar refractivity (Wildman–Crippen MR) is 108 cm³/mol. The molecule has 0 aliphatic carbocycles. The molecule has 0 bridgehead atoms. The predicted octanol–water partition coefficient (Wildman–Crippen LogP) is 2.43. The van der Waals surface area contributed by atoms with Crippen LogP contribution in [0, 0.1) is 0 Å². The molecule has 1 aromatic heterocycles. The van der Waals surface area contributed by atoms with Crippen LogP contribution in [0.15, 0.2) is 65.6 Å². The van der Waals surface area contributed by atoms with Crippen molar-refractivity contribution >= 4 is 22.4 Å². The first-order chi connectivity index (χ1) is 13.2. The van der Waals surface area contributed by atoms with Crippen LogP contribution in [0.2, 0.25) is 0 Å². The molecule has 1 amide bonds. The van der Waals surface area contributed by atoms with Crippen molar-refractivity contribution in [1.82, 2.24) is 15.1 Å². The fraction of sp³-hybridized carbons (Fsp3) is 0.286. The molecule has 3 rings (SSSR count). The van der Waals surface area contributed by atoms with Crippen molar-refractivity contribution in [2.45, 2.75) is 19.9 Å². The molecule has 0 saturated carbocycles. The number of nitrogens with one attached hydrogen (secondary N) is 1. The summed E-state index contributed by atoms with van der Waals surface area (Å²) in [4.78, 5) is 26.8. The number of amides is 1. The van der Waals surface area contributed by atoms with Gasteiger partial charge in [-0.25, -0.2) is 4.68 Å². The number of hydrogen-bond acceptors (Lipinski definition) is 4. The molecule has 140 valence electrons. The molecule has 1 N–H and O–H groups in total. The Balaban J connectivity index is 1.50. The summed E-state index contributed by atoms with van der Waals surface area (Å²) in [5, 5.41) is 8.31. The van der Waals surface area contributed by atoms with E-state index in [4.69, 9.17) is 0 Å². The fourth-order valence-electron chi connectivity index (χ4n) is 3.04. The van der Waals surface area contributed by atoms with Crippen molar-refractivity contribution < 1.29 is 4.79 Å². The van der Waals surface area contributed by atoms with E-state index in [1.807, 2.05) is 30.3 Å². The number of carbonyl (C=O) groups is 1. The molecule has 2 aromatic carbocycles. The quantitative estimate of drug-likeness (QED) is 0.624. The Bertz CT molecular complexity index is 953. The number of benzene rings is 2. The molecule has 0 unspecified atom stereocenters. The van der Waals surface area contributed by atoms with Crippen LogP contribution in [0.4, 0.5) is 5.69 Å². The second kappa shape index (κ2) is 8.98. The van der Waals surface area contributed by atoms with Crippen LogP contribution in [0.5, 0.6) is 0 Å². The van der Waals surface area contributed by atoms with Gasteiger partial charge in [-0.1, -0.05) is 36.4 Å². The van der Waals surface area contributed by atoms with Gasteiger partial charge in [-0.3, -0.25) is 9.59 Å². The molecule has 0 fully saturated rings. The Morgan fingerprint density at radius 2 is 1.85 bits per heavy atom. The maximum absolute atomic E-state index is 12.4. The van der Waals surface area contributed by atoms with E-state index in [0.29, 0.717) is 11.9 Å². The van der Waals surface area contributed by atoms with Gasteiger partial charge in [0.2, 0.25) is 5.91 Å². The first kappa shape index (κ1) is 18.6. The Morgan fingerprint density at radius 1 is 1.11 bits per heavy atom. The van der Waals surface area contributed by atoms with Gasteiger partial charge in [-0.2, -0.15) is 5.10 Å². The molecule has 0 aliphatic heterocycles. The first-order valence-electron chi connectivity index (χ1n) is 9.20. The highest BCUT2D eigenvalue weighted by Crippen LogP contribution is 2.12. The zero-order chi connectivity index (χ0) is 19.1. The van der Waals surface area contributed by atoms with Crippen LogP contribution >= 0.6 is 0 Å². The van der Waals surface area contributed by atoms with E-state index in [2.05, 4.69) is 34.4 Å². The van der Waals surface area contributed by atoms with Crippen molar-refractivity contribution in [3.63, 3.8) is 0 Å². The summed E-state index contributed by atoms with van der Waals surface area (Å²) in [6.07, 6.45) is 2.44. The molecule has 0 spiro atoms. The zero-order valence-electron chi connectivity index (χ0n) is 15.5. The first-order valence-corrected chi connectivity index (χ1v) is 9.20. The third-order valence-corrected chi connectivity index (χ3v) is 4.49. The number of carbonyl (C=O) groups excluding carboxylic acids is 1. The van der Waals surface area contributed by atoms with Gasteiger partial charge in [0.1, 0.15) is 6.54 Å². The van der Waals surface area contributed by atoms with Gasteiger partial charge < -0.3 is 10.2 Å². The molecule has 6 nitrogen and oxygen atoms in total. The lowest BCUT2D eigenvalue weighted by molar-refractivity contribution is -0.121. The maximum Gasteiger partial charge on any atom is 0.275 e. The molecule has 0 atom stereocenters. The SMILES string of the molecule is CCN(CCCNC(=O)Cn1ncc2ccccc2c1=O)c1ccccc1. The van der Waals surface area contributed by atoms with Crippen molar-refractivity contribution in [2.75, 3.05) is 24.5 Å². The third-order valence-electron chi connectivity index (χ3n) is 4.49. The van der Waals surface area contributed by atoms with E-state index in [9.17, 15) is 9.59 Å². The molecular formula is C21H24N4O2. The van der Waals surface area contributed by atoms with Crippen molar-refractivity contribution in [3.05, 3.63) is 71.1 Å². The van der Waals surface area contributed by atoms with Crippen molar-refractivity contribution in [3.8, 4) is 0 Å². The van der Waals surface area contributed by atoms with Gasteiger partial charge in [0.05, 0.1) is 11.6 Å². The number of anilines is 1. The van der Waals surface area contributed by atoms with Crippen LogP contribution in [-0.2, 0) is 11.3 Å². The van der Waals surface area contributed by atoms with Gasteiger partial charge >= 0.3 is 0 Å². The molecule has 0 aliphatic rings. The Labute approximate surface area is 158 Å². The fourth-order valence-corrected chi connectivity index (χ4v) is 3.04. The summed E-state index contributed by atoms with van der Waals surface area (Å²) in [5.41, 5.74) is 0.933. The molecular weight excluding hydrogens is 340 g/mol. The second-order valence-electron chi connectivity index (χ2n) is 6.31. The zero-order valence-corrected chi connectivity index (χ0v) is 15.5. The Hall–Kier alpha value is -3.15. The lowest BCUT2D eigenvalue weighted by atomic mass is 10.2. The van der Waals surface area contributed by atoms with E-state index in [1.54, 1.807) is 18.3 Å². The van der Waals surface area contributed by atoms with Crippen LogP contribution in [-0.4, -0.2) is 35.3 Å². The van der Waals surface area contributed by atoms with Crippen LogP contribution < -0.4 is 15.8 Å². The van der Waals surface area contributed by atoms with Gasteiger partial charge in [0.15, 0.2) is 0 Å². The number of fused-ring (bicyclic) bond motifs is 1. The van der Waals surface area contributed by atoms with Crippen molar-refractivity contribution in [1.29, 1.82) is 0 Å². The third kappa shape index (κ3) is 4.73. The highest BCUT2D eigenvalue weighted by Gasteiger charge is 2.08. The Kier molecular flexibility index (Phi) is 6.20. The monoisotopic (exact) mass is 364 g/mol. The highest BCUT2D eigenvalue weighted by atomic mass is 16.2. The van der Waals surface area contributed by atoms with Crippen molar-refractivity contribution in [2.24, 2.45) is 0 Å². The summed E-state index contributed by atoms with van der Waals surface area (Å²) in [6, 6.07) is 17.5. The largest absolute Gasteiger partial charge is 0.372 e. The number of rotatable bonds is 8. The smallest absolute Gasteiger partial charge is 0.275 e. The van der Waals surface area contributed by atoms with E-state index < -0.39 is 0 Å². The minimum atomic E-state index is -0.246. The van der Waals surface area contributed by atoms with Gasteiger partial charge in [0.25, 0.3) is 5.56 Å². The van der Waals surface area contributed by atoms with E-state index in [0.717, 1.165) is 24.9 Å². The number of para-hydroxylation sites is 1. The summed E-state index contributed by atoms with van der Waals surface area (Å²) in [5.74, 6) is -0.206. The molecule has 3 aromatic rings. The van der Waals surface area contributed by atoms with Crippen LogP contribution in [0.1, 0.15) is 13.3 Å². The van der Waals surface area contributed by atoms with E-state index in [-0.39, 0.29) is 18.0 Å². The topological polar surface area (TPSA) is 67.2 Å². The molecule has 27 heavy (non-hydrogen) atoms. The maximum atomic E-state index is 12.4. The molecule has 1 heterocycles. The minimum absolute atomic E-state index is 0.0696. The van der Waals surface area contributed by atoms with E-state index in [1.165, 1.54) is 10.4 Å². The van der Waals surface area contributed by atoms with Gasteiger partial charge in [0, 0.05) is 30.7 Å². The minimum Gasteiger partial charge on any atom is -0.372 e. The van der Waals surface area contributed by atoms with Gasteiger partial charge in [-0.15, -0.1) is 0 Å². The molecule has 0 radical (unpaired) electrons. The Morgan fingerprint density at radius 3 is 2.63 bits per heavy atom. The van der Waals surface area contributed by atoms with Crippen LogP contribution in [0.3, 0.4) is 0 Å². The molecule has 6 heteroatoms. The normalized spacial score (nSPS) is 10.7. The number of nitrogens with zero attached hydrogens (tertiary/aromatic N) is 3. The van der Waals surface area contributed by atoms with Crippen LogP contribution in [0.25, 0.3) is 10.8 Å². The van der Waals surface area contributed by atoms with E-state index >= 15 is 0 Å². The second-order valence-corrected chi connectivity index (χ2v) is 6.31. The summed E-state index contributed by atoms with van der Waals surface area (Å²) < 4.78 is 1.21. The average Bonchev–Trinajstić information content (AvgIpc) is 2.71. The standard InChI is InChI=1S/C21H24N4O2/c1-2-24(18-10-4-3-5-11-18)14-8-13-22-20(26)16-25-21(27)19-12-7-6-9-17(19)15-23-25/h3-7,9-12,15H,2,8,13-14,16H2,1H3,(H,22,26). The van der Waals surface area contributed by atoms with Gasteiger partial charge in [-0.05, 0) is 31.5 Å².